The predicted octanol–water partition coefficient (Wildman–Crippen LogP) is 1.70. The van der Waals surface area contributed by atoms with Crippen molar-refractivity contribution >= 4 is 5.96 Å². The Balaban J connectivity index is 1.75. The summed E-state index contributed by atoms with van der Waals surface area (Å²) in [5, 5.41) is 6.80. The van der Waals surface area contributed by atoms with Crippen molar-refractivity contribution in [2.45, 2.75) is 19.4 Å². The van der Waals surface area contributed by atoms with Gasteiger partial charge in [0, 0.05) is 20.1 Å². The molecule has 0 amide bonds. The van der Waals surface area contributed by atoms with Crippen molar-refractivity contribution in [1.82, 2.24) is 15.5 Å². The van der Waals surface area contributed by atoms with Crippen LogP contribution in [0.2, 0.25) is 0 Å². The normalized spacial score (nSPS) is 17.3. The van der Waals surface area contributed by atoms with Crippen molar-refractivity contribution < 1.29 is 4.74 Å². The molecule has 5 nitrogen and oxygen atoms in total. The van der Waals surface area contributed by atoms with E-state index in [9.17, 15) is 0 Å². The van der Waals surface area contributed by atoms with E-state index in [0.29, 0.717) is 0 Å². The Bertz CT molecular complexity index is 481. The van der Waals surface area contributed by atoms with E-state index in [2.05, 4.69) is 33.6 Å². The van der Waals surface area contributed by atoms with E-state index >= 15 is 0 Å². The fraction of sp³-hybridized carbons (Fsp3) is 0.588. The monoisotopic (exact) mass is 304 g/mol. The molecular formula is C17H28N4O. The first kappa shape index (κ1) is 16.6. The van der Waals surface area contributed by atoms with Crippen molar-refractivity contribution in [2.24, 2.45) is 10.9 Å². The highest BCUT2D eigenvalue weighted by atomic mass is 16.5. The van der Waals surface area contributed by atoms with Crippen molar-refractivity contribution in [1.29, 1.82) is 0 Å². The maximum absolute atomic E-state index is 5.25. The van der Waals surface area contributed by atoms with E-state index in [1.807, 2.05) is 25.2 Å². The second-order valence-electron chi connectivity index (χ2n) is 5.90. The van der Waals surface area contributed by atoms with E-state index in [-0.39, 0.29) is 0 Å². The molecule has 0 radical (unpaired) electrons. The van der Waals surface area contributed by atoms with E-state index in [1.165, 1.54) is 31.5 Å². The van der Waals surface area contributed by atoms with Gasteiger partial charge in [-0.25, -0.2) is 0 Å². The zero-order valence-corrected chi connectivity index (χ0v) is 13.9. The third-order valence-electron chi connectivity index (χ3n) is 4.21. The highest BCUT2D eigenvalue weighted by Gasteiger charge is 2.16. The topological polar surface area (TPSA) is 48.9 Å². The highest BCUT2D eigenvalue weighted by molar-refractivity contribution is 5.79. The number of piperidine rings is 1. The average Bonchev–Trinajstić information content (AvgIpc) is 2.57. The Hall–Kier alpha value is -1.75. The van der Waals surface area contributed by atoms with Gasteiger partial charge in [-0.05, 0) is 56.6 Å². The van der Waals surface area contributed by atoms with Gasteiger partial charge in [-0.2, -0.15) is 0 Å². The van der Waals surface area contributed by atoms with Crippen LogP contribution in [0.15, 0.2) is 29.3 Å². The van der Waals surface area contributed by atoms with Crippen LogP contribution >= 0.6 is 0 Å². The number of aliphatic imine (C=N–C) groups is 1. The molecule has 1 fully saturated rings. The van der Waals surface area contributed by atoms with Crippen LogP contribution in [0.25, 0.3) is 0 Å². The summed E-state index contributed by atoms with van der Waals surface area (Å²) in [6.07, 6.45) is 2.52. The molecule has 5 heteroatoms. The van der Waals surface area contributed by atoms with E-state index in [1.54, 1.807) is 7.11 Å². The number of methoxy groups -OCH3 is 1. The molecule has 122 valence electrons. The zero-order valence-electron chi connectivity index (χ0n) is 13.9. The van der Waals surface area contributed by atoms with Crippen LogP contribution in [0.5, 0.6) is 5.75 Å². The highest BCUT2D eigenvalue weighted by Crippen LogP contribution is 2.14. The van der Waals surface area contributed by atoms with Gasteiger partial charge in [-0.15, -0.1) is 0 Å². The minimum absolute atomic E-state index is 0.740. The molecule has 1 aromatic rings. The Morgan fingerprint density at radius 3 is 2.77 bits per heavy atom. The van der Waals surface area contributed by atoms with Crippen LogP contribution < -0.4 is 15.4 Å². The van der Waals surface area contributed by atoms with Gasteiger partial charge in [0.2, 0.25) is 0 Å². The number of benzene rings is 1. The molecule has 2 N–H and O–H groups in total. The average molecular weight is 304 g/mol. The maximum atomic E-state index is 5.25. The molecule has 0 aromatic heterocycles. The fourth-order valence-corrected chi connectivity index (χ4v) is 2.70. The van der Waals surface area contributed by atoms with Crippen LogP contribution in [0.4, 0.5) is 0 Å². The van der Waals surface area contributed by atoms with Gasteiger partial charge < -0.3 is 20.3 Å². The number of rotatable bonds is 5. The molecule has 1 aromatic carbocycles. The number of ether oxygens (including phenoxy) is 1. The van der Waals surface area contributed by atoms with Crippen molar-refractivity contribution in [3.05, 3.63) is 29.8 Å². The van der Waals surface area contributed by atoms with Gasteiger partial charge in [-0.1, -0.05) is 12.1 Å². The Labute approximate surface area is 133 Å². The van der Waals surface area contributed by atoms with Crippen LogP contribution in [-0.2, 0) is 6.54 Å². The van der Waals surface area contributed by atoms with Gasteiger partial charge in [0.1, 0.15) is 5.75 Å². The van der Waals surface area contributed by atoms with Gasteiger partial charge >= 0.3 is 0 Å². The fourth-order valence-electron chi connectivity index (χ4n) is 2.70. The third-order valence-corrected chi connectivity index (χ3v) is 4.21. The van der Waals surface area contributed by atoms with Gasteiger partial charge in [0.15, 0.2) is 5.96 Å². The summed E-state index contributed by atoms with van der Waals surface area (Å²) >= 11 is 0. The Kier molecular flexibility index (Phi) is 6.52. The molecule has 1 heterocycles. The van der Waals surface area contributed by atoms with Gasteiger partial charge in [-0.3, -0.25) is 4.99 Å². The minimum Gasteiger partial charge on any atom is -0.497 e. The summed E-state index contributed by atoms with van der Waals surface area (Å²) in [5.41, 5.74) is 1.18. The summed E-state index contributed by atoms with van der Waals surface area (Å²) in [5.74, 6) is 2.49. The molecule has 1 aliphatic heterocycles. The molecule has 22 heavy (non-hydrogen) atoms. The standard InChI is InChI=1S/C17H28N4O/c1-18-17(19-12-14-7-9-21(2)10-8-14)20-13-15-5-4-6-16(11-15)22-3/h4-6,11,14H,7-10,12-13H2,1-3H3,(H2,18,19,20). The van der Waals surface area contributed by atoms with Gasteiger partial charge in [0.05, 0.1) is 7.11 Å². The minimum atomic E-state index is 0.740. The molecule has 0 aliphatic carbocycles. The van der Waals surface area contributed by atoms with Crippen LogP contribution in [0, 0.1) is 5.92 Å². The molecule has 2 rings (SSSR count). The van der Waals surface area contributed by atoms with Crippen molar-refractivity contribution in [2.75, 3.05) is 40.8 Å². The lowest BCUT2D eigenvalue weighted by Crippen LogP contribution is -2.41. The molecule has 0 spiro atoms. The third kappa shape index (κ3) is 5.22. The molecule has 0 unspecified atom stereocenters. The quantitative estimate of drug-likeness (QED) is 0.642. The smallest absolute Gasteiger partial charge is 0.191 e. The van der Waals surface area contributed by atoms with E-state index in [4.69, 9.17) is 4.74 Å². The Morgan fingerprint density at radius 1 is 1.32 bits per heavy atom. The molecule has 0 atom stereocenters. The number of nitrogens with zero attached hydrogens (tertiary/aromatic N) is 2. The number of nitrogens with one attached hydrogen (secondary N) is 2. The second-order valence-corrected chi connectivity index (χ2v) is 5.90. The lowest BCUT2D eigenvalue weighted by atomic mass is 9.97. The second kappa shape index (κ2) is 8.63. The molecule has 1 saturated heterocycles. The van der Waals surface area contributed by atoms with Crippen LogP contribution in [-0.4, -0.2) is 51.7 Å². The van der Waals surface area contributed by atoms with Crippen molar-refractivity contribution in [3.8, 4) is 5.75 Å². The summed E-state index contributed by atoms with van der Waals surface area (Å²) in [6, 6.07) is 8.08. The van der Waals surface area contributed by atoms with Gasteiger partial charge in [0.25, 0.3) is 0 Å². The predicted molar refractivity (Wildman–Crippen MR) is 91.4 cm³/mol. The largest absolute Gasteiger partial charge is 0.497 e. The molecule has 0 saturated carbocycles. The number of hydrogen-bond donors (Lipinski definition) is 2. The van der Waals surface area contributed by atoms with E-state index < -0.39 is 0 Å². The first-order valence-corrected chi connectivity index (χ1v) is 7.97. The van der Waals surface area contributed by atoms with Crippen molar-refractivity contribution in [3.63, 3.8) is 0 Å². The summed E-state index contributed by atoms with van der Waals surface area (Å²) < 4.78 is 5.25. The zero-order chi connectivity index (χ0) is 15.8. The lowest BCUT2D eigenvalue weighted by Gasteiger charge is -2.29. The number of likely N-dealkylation sites (tertiary alicyclic amines) is 1. The summed E-state index contributed by atoms with van der Waals surface area (Å²) in [4.78, 5) is 6.69. The van der Waals surface area contributed by atoms with Crippen LogP contribution in [0.1, 0.15) is 18.4 Å². The molecule has 0 bridgehead atoms. The van der Waals surface area contributed by atoms with E-state index in [0.717, 1.165) is 30.7 Å². The van der Waals surface area contributed by atoms with Crippen LogP contribution in [0.3, 0.4) is 0 Å². The number of guanidine groups is 1. The lowest BCUT2D eigenvalue weighted by molar-refractivity contribution is 0.220. The first-order chi connectivity index (χ1) is 10.7. The number of hydrogen-bond acceptors (Lipinski definition) is 3. The summed E-state index contributed by atoms with van der Waals surface area (Å²) in [6.45, 7) is 4.13. The SMILES string of the molecule is CN=C(NCc1cccc(OC)c1)NCC1CCN(C)CC1. The molecule has 1 aliphatic rings. The molecular weight excluding hydrogens is 276 g/mol. The maximum Gasteiger partial charge on any atom is 0.191 e. The Morgan fingerprint density at radius 2 is 2.09 bits per heavy atom. The summed E-state index contributed by atoms with van der Waals surface area (Å²) in [7, 11) is 5.70. The first-order valence-electron chi connectivity index (χ1n) is 7.97.